The van der Waals surface area contributed by atoms with Crippen LogP contribution in [0.4, 0.5) is 5.69 Å². The van der Waals surface area contributed by atoms with Crippen LogP contribution in [0.2, 0.25) is 5.02 Å². The minimum Gasteiger partial charge on any atom is -0.497 e. The largest absolute Gasteiger partial charge is 0.497 e. The van der Waals surface area contributed by atoms with Crippen LogP contribution in [0, 0.1) is 0 Å². The fourth-order valence-corrected chi connectivity index (χ4v) is 3.99. The van der Waals surface area contributed by atoms with Gasteiger partial charge < -0.3 is 15.4 Å². The molecule has 0 saturated carbocycles. The number of anilines is 1. The lowest BCUT2D eigenvalue weighted by atomic mass is 10.2. The average molecular weight is 403 g/mol. The Labute approximate surface area is 166 Å². The lowest BCUT2D eigenvalue weighted by Crippen LogP contribution is -2.23. The van der Waals surface area contributed by atoms with Gasteiger partial charge in [-0.15, -0.1) is 11.3 Å². The van der Waals surface area contributed by atoms with Crippen molar-refractivity contribution in [3.05, 3.63) is 57.9 Å². The Morgan fingerprint density at radius 1 is 1.11 bits per heavy atom. The van der Waals surface area contributed by atoms with Crippen LogP contribution in [0.15, 0.2) is 42.5 Å². The van der Waals surface area contributed by atoms with E-state index in [0.29, 0.717) is 33.4 Å². The number of carbonyl (C=O) groups excluding carboxylic acids is 2. The normalized spacial score (nSPS) is 10.6. The van der Waals surface area contributed by atoms with Crippen molar-refractivity contribution < 1.29 is 14.3 Å². The fraction of sp³-hybridized carbons (Fsp3) is 0.200. The number of fused-ring (bicyclic) bond motifs is 1. The molecule has 1 heterocycles. The molecule has 2 aromatic carbocycles. The van der Waals surface area contributed by atoms with E-state index < -0.39 is 0 Å². The molecule has 0 aliphatic rings. The Bertz CT molecular complexity index is 983. The van der Waals surface area contributed by atoms with Gasteiger partial charge in [-0.1, -0.05) is 18.5 Å². The zero-order chi connectivity index (χ0) is 19.4. The topological polar surface area (TPSA) is 67.4 Å². The highest BCUT2D eigenvalue weighted by Gasteiger charge is 2.18. The van der Waals surface area contributed by atoms with Gasteiger partial charge in [0.05, 0.1) is 12.1 Å². The predicted molar refractivity (Wildman–Crippen MR) is 110 cm³/mol. The van der Waals surface area contributed by atoms with Gasteiger partial charge in [-0.2, -0.15) is 0 Å². The van der Waals surface area contributed by atoms with Crippen LogP contribution in [-0.2, 0) is 0 Å². The van der Waals surface area contributed by atoms with Gasteiger partial charge in [0.25, 0.3) is 11.8 Å². The van der Waals surface area contributed by atoms with Gasteiger partial charge in [-0.05, 0) is 48.9 Å². The van der Waals surface area contributed by atoms with E-state index in [1.807, 2.05) is 25.1 Å². The fourth-order valence-electron chi connectivity index (χ4n) is 2.55. The van der Waals surface area contributed by atoms with Gasteiger partial charge in [-0.3, -0.25) is 9.59 Å². The summed E-state index contributed by atoms with van der Waals surface area (Å²) in [5.41, 5.74) is 1.14. The van der Waals surface area contributed by atoms with E-state index >= 15 is 0 Å². The number of benzene rings is 2. The molecule has 0 fully saturated rings. The van der Waals surface area contributed by atoms with E-state index in [0.717, 1.165) is 16.5 Å². The molecule has 0 radical (unpaired) electrons. The molecule has 0 saturated heterocycles. The van der Waals surface area contributed by atoms with E-state index in [1.54, 1.807) is 31.4 Å². The molecule has 1 aromatic heterocycles. The van der Waals surface area contributed by atoms with Crippen molar-refractivity contribution in [3.8, 4) is 5.75 Å². The monoisotopic (exact) mass is 402 g/mol. The molecule has 140 valence electrons. The van der Waals surface area contributed by atoms with Gasteiger partial charge in [-0.25, -0.2) is 0 Å². The first-order valence-electron chi connectivity index (χ1n) is 8.49. The number of methoxy groups -OCH3 is 1. The van der Waals surface area contributed by atoms with Crippen LogP contribution in [0.25, 0.3) is 10.1 Å². The molecule has 2 N–H and O–H groups in total. The van der Waals surface area contributed by atoms with E-state index in [1.165, 1.54) is 11.3 Å². The molecule has 0 aliphatic carbocycles. The Kier molecular flexibility index (Phi) is 5.98. The van der Waals surface area contributed by atoms with Gasteiger partial charge >= 0.3 is 0 Å². The molecule has 0 atom stereocenters. The summed E-state index contributed by atoms with van der Waals surface area (Å²) in [6.45, 7) is 2.63. The van der Waals surface area contributed by atoms with Crippen LogP contribution >= 0.6 is 22.9 Å². The summed E-state index contributed by atoms with van der Waals surface area (Å²) in [5, 5.41) is 6.87. The highest BCUT2D eigenvalue weighted by Crippen LogP contribution is 2.37. The lowest BCUT2D eigenvalue weighted by molar-refractivity contribution is 0.0953. The zero-order valence-corrected chi connectivity index (χ0v) is 16.5. The molecular weight excluding hydrogens is 384 g/mol. The van der Waals surface area contributed by atoms with Crippen molar-refractivity contribution in [2.75, 3.05) is 19.0 Å². The van der Waals surface area contributed by atoms with Crippen LogP contribution in [0.5, 0.6) is 5.75 Å². The number of nitrogens with one attached hydrogen (secondary N) is 2. The third-order valence-corrected chi connectivity index (χ3v) is 5.64. The Hall–Kier alpha value is -2.57. The van der Waals surface area contributed by atoms with Crippen molar-refractivity contribution in [1.29, 1.82) is 0 Å². The first-order chi connectivity index (χ1) is 13.0. The molecule has 3 rings (SSSR count). The maximum atomic E-state index is 12.6. The van der Waals surface area contributed by atoms with E-state index in [2.05, 4.69) is 10.6 Å². The molecule has 3 aromatic rings. The molecule has 7 heteroatoms. The smallest absolute Gasteiger partial charge is 0.267 e. The number of amides is 2. The van der Waals surface area contributed by atoms with Gasteiger partial charge in [0, 0.05) is 27.9 Å². The predicted octanol–water partition coefficient (Wildman–Crippen LogP) is 4.96. The number of hydrogen-bond acceptors (Lipinski definition) is 4. The summed E-state index contributed by atoms with van der Waals surface area (Å²) in [4.78, 5) is 25.0. The summed E-state index contributed by atoms with van der Waals surface area (Å²) >= 11 is 7.69. The second kappa shape index (κ2) is 8.41. The highest BCUT2D eigenvalue weighted by molar-refractivity contribution is 7.21. The maximum absolute atomic E-state index is 12.6. The van der Waals surface area contributed by atoms with Crippen LogP contribution < -0.4 is 15.4 Å². The first kappa shape index (κ1) is 19.2. The van der Waals surface area contributed by atoms with Crippen molar-refractivity contribution >= 4 is 50.5 Å². The standard InChI is InChI=1S/C20H19ClN2O3S/c1-3-10-22-19(24)12-4-6-13(7-5-12)23-20(25)18-17(21)15-9-8-14(26-2)11-16(15)27-18/h4-9,11H,3,10H2,1-2H3,(H,22,24)(H,23,25). The number of halogens is 1. The molecule has 0 bridgehead atoms. The third kappa shape index (κ3) is 4.23. The Morgan fingerprint density at radius 3 is 2.52 bits per heavy atom. The molecular formula is C20H19ClN2O3S. The lowest BCUT2D eigenvalue weighted by Gasteiger charge is -2.06. The number of carbonyl (C=O) groups is 2. The number of rotatable bonds is 6. The van der Waals surface area contributed by atoms with E-state index in [4.69, 9.17) is 16.3 Å². The third-order valence-electron chi connectivity index (χ3n) is 3.98. The average Bonchev–Trinajstić information content (AvgIpc) is 3.02. The van der Waals surface area contributed by atoms with Crippen molar-refractivity contribution in [2.24, 2.45) is 0 Å². The summed E-state index contributed by atoms with van der Waals surface area (Å²) < 4.78 is 6.09. The van der Waals surface area contributed by atoms with Crippen molar-refractivity contribution in [3.63, 3.8) is 0 Å². The quantitative estimate of drug-likeness (QED) is 0.612. The number of thiophene rings is 1. The SMILES string of the molecule is CCCNC(=O)c1ccc(NC(=O)c2sc3cc(OC)ccc3c2Cl)cc1. The van der Waals surface area contributed by atoms with E-state index in [-0.39, 0.29) is 11.8 Å². The molecule has 0 unspecified atom stereocenters. The highest BCUT2D eigenvalue weighted by atomic mass is 35.5. The van der Waals surface area contributed by atoms with E-state index in [9.17, 15) is 9.59 Å². The molecule has 0 aliphatic heterocycles. The maximum Gasteiger partial charge on any atom is 0.267 e. The summed E-state index contributed by atoms with van der Waals surface area (Å²) in [6.07, 6.45) is 0.877. The minimum atomic E-state index is -0.289. The van der Waals surface area contributed by atoms with Crippen LogP contribution in [0.3, 0.4) is 0 Å². The molecule has 0 spiro atoms. The van der Waals surface area contributed by atoms with Crippen molar-refractivity contribution in [2.45, 2.75) is 13.3 Å². The molecule has 5 nitrogen and oxygen atoms in total. The Balaban J connectivity index is 1.76. The summed E-state index contributed by atoms with van der Waals surface area (Å²) in [7, 11) is 1.59. The molecule has 27 heavy (non-hydrogen) atoms. The second-order valence-electron chi connectivity index (χ2n) is 5.89. The van der Waals surface area contributed by atoms with Gasteiger partial charge in [0.2, 0.25) is 0 Å². The summed E-state index contributed by atoms with van der Waals surface area (Å²) in [6, 6.07) is 12.3. The summed E-state index contributed by atoms with van der Waals surface area (Å²) in [5.74, 6) is 0.295. The molecule has 2 amide bonds. The van der Waals surface area contributed by atoms with Gasteiger partial charge in [0.15, 0.2) is 0 Å². The Morgan fingerprint density at radius 2 is 1.85 bits per heavy atom. The van der Waals surface area contributed by atoms with Crippen LogP contribution in [-0.4, -0.2) is 25.5 Å². The van der Waals surface area contributed by atoms with Crippen molar-refractivity contribution in [1.82, 2.24) is 5.32 Å². The zero-order valence-electron chi connectivity index (χ0n) is 15.0. The number of ether oxygens (including phenoxy) is 1. The number of hydrogen-bond donors (Lipinski definition) is 2. The van der Waals surface area contributed by atoms with Gasteiger partial charge in [0.1, 0.15) is 10.6 Å². The van der Waals surface area contributed by atoms with Crippen LogP contribution in [0.1, 0.15) is 33.4 Å². The first-order valence-corrected chi connectivity index (χ1v) is 9.68. The minimum absolute atomic E-state index is 0.128. The second-order valence-corrected chi connectivity index (χ2v) is 7.32.